The fourth-order valence-electron chi connectivity index (χ4n) is 2.66. The third kappa shape index (κ3) is 3.90. The number of aromatic nitrogens is 1. The second-order valence-electron chi connectivity index (χ2n) is 5.51. The Bertz CT molecular complexity index is 634. The Morgan fingerprint density at radius 1 is 1.22 bits per heavy atom. The molecule has 0 atom stereocenters. The summed E-state index contributed by atoms with van der Waals surface area (Å²) in [5.41, 5.74) is 1.90. The lowest BCUT2D eigenvalue weighted by atomic mass is 10.1. The van der Waals surface area contributed by atoms with Crippen molar-refractivity contribution < 1.29 is 14.1 Å². The van der Waals surface area contributed by atoms with Gasteiger partial charge in [0.15, 0.2) is 5.76 Å². The van der Waals surface area contributed by atoms with Gasteiger partial charge >= 0.3 is 6.09 Å². The van der Waals surface area contributed by atoms with Gasteiger partial charge in [0, 0.05) is 37.8 Å². The smallest absolute Gasteiger partial charge is 0.409 e. The Morgan fingerprint density at radius 3 is 2.65 bits per heavy atom. The number of benzene rings is 1. The number of hydrogen-bond donors (Lipinski definition) is 0. The number of carbonyl (C=O) groups excluding carboxylic acids is 1. The first-order chi connectivity index (χ1) is 11.3. The van der Waals surface area contributed by atoms with Crippen molar-refractivity contribution >= 4 is 6.09 Å². The van der Waals surface area contributed by atoms with Crippen LogP contribution in [0.2, 0.25) is 0 Å². The van der Waals surface area contributed by atoms with Crippen LogP contribution >= 0.6 is 0 Å². The number of ether oxygens (including phenoxy) is 1. The third-order valence-corrected chi connectivity index (χ3v) is 3.91. The largest absolute Gasteiger partial charge is 0.450 e. The van der Waals surface area contributed by atoms with Gasteiger partial charge in [-0.05, 0) is 6.92 Å². The Kier molecular flexibility index (Phi) is 4.92. The molecule has 23 heavy (non-hydrogen) atoms. The zero-order valence-corrected chi connectivity index (χ0v) is 13.3. The predicted octanol–water partition coefficient (Wildman–Crippen LogP) is 2.62. The molecule has 1 amide bonds. The summed E-state index contributed by atoms with van der Waals surface area (Å²) in [7, 11) is 0. The van der Waals surface area contributed by atoms with E-state index in [2.05, 4.69) is 10.1 Å². The third-order valence-electron chi connectivity index (χ3n) is 3.91. The topological polar surface area (TPSA) is 58.8 Å². The van der Waals surface area contributed by atoms with Gasteiger partial charge in [-0.15, -0.1) is 0 Å². The summed E-state index contributed by atoms with van der Waals surface area (Å²) in [5.74, 6) is 0.841. The average molecular weight is 315 g/mol. The van der Waals surface area contributed by atoms with E-state index in [0.717, 1.165) is 30.1 Å². The zero-order chi connectivity index (χ0) is 16.1. The van der Waals surface area contributed by atoms with Gasteiger partial charge in [-0.25, -0.2) is 4.79 Å². The van der Waals surface area contributed by atoms with Crippen LogP contribution in [0.3, 0.4) is 0 Å². The molecule has 2 aromatic rings. The van der Waals surface area contributed by atoms with Gasteiger partial charge in [-0.1, -0.05) is 35.5 Å². The highest BCUT2D eigenvalue weighted by Gasteiger charge is 2.22. The van der Waals surface area contributed by atoms with E-state index in [-0.39, 0.29) is 6.09 Å². The van der Waals surface area contributed by atoms with Crippen LogP contribution in [-0.2, 0) is 11.3 Å². The maximum atomic E-state index is 11.7. The minimum Gasteiger partial charge on any atom is -0.450 e. The Hall–Kier alpha value is -2.34. The molecule has 6 nitrogen and oxygen atoms in total. The average Bonchev–Trinajstić information content (AvgIpc) is 3.05. The van der Waals surface area contributed by atoms with Crippen LogP contribution in [0.15, 0.2) is 40.9 Å². The molecule has 1 saturated heterocycles. The van der Waals surface area contributed by atoms with Gasteiger partial charge in [0.05, 0.1) is 13.2 Å². The quantitative estimate of drug-likeness (QED) is 0.868. The van der Waals surface area contributed by atoms with Crippen LogP contribution in [0.1, 0.15) is 12.7 Å². The molecule has 1 aliphatic heterocycles. The highest BCUT2D eigenvalue weighted by atomic mass is 16.6. The summed E-state index contributed by atoms with van der Waals surface area (Å²) in [5, 5.41) is 4.13. The van der Waals surface area contributed by atoms with E-state index in [1.165, 1.54) is 0 Å². The normalized spacial score (nSPS) is 15.6. The Labute approximate surface area is 135 Å². The van der Waals surface area contributed by atoms with E-state index in [1.807, 2.05) is 43.3 Å². The molecule has 3 rings (SSSR count). The van der Waals surface area contributed by atoms with Crippen molar-refractivity contribution in [1.29, 1.82) is 0 Å². The lowest BCUT2D eigenvalue weighted by Gasteiger charge is -2.33. The maximum Gasteiger partial charge on any atom is 0.409 e. The van der Waals surface area contributed by atoms with Crippen LogP contribution in [-0.4, -0.2) is 53.8 Å². The summed E-state index contributed by atoms with van der Waals surface area (Å²) in [6.45, 7) is 5.91. The molecule has 0 N–H and O–H groups in total. The van der Waals surface area contributed by atoms with Gasteiger partial charge < -0.3 is 14.2 Å². The first kappa shape index (κ1) is 15.6. The van der Waals surface area contributed by atoms with Crippen LogP contribution < -0.4 is 0 Å². The Morgan fingerprint density at radius 2 is 1.96 bits per heavy atom. The van der Waals surface area contributed by atoms with Gasteiger partial charge in [0.25, 0.3) is 0 Å². The van der Waals surface area contributed by atoms with Crippen LogP contribution in [0.5, 0.6) is 0 Å². The van der Waals surface area contributed by atoms with Gasteiger partial charge in [0.1, 0.15) is 5.69 Å². The molecule has 1 aromatic heterocycles. The minimum atomic E-state index is -0.224. The summed E-state index contributed by atoms with van der Waals surface area (Å²) < 4.78 is 10.5. The van der Waals surface area contributed by atoms with E-state index >= 15 is 0 Å². The van der Waals surface area contributed by atoms with Gasteiger partial charge in [-0.3, -0.25) is 4.90 Å². The molecule has 0 aliphatic carbocycles. The summed E-state index contributed by atoms with van der Waals surface area (Å²) in [6.07, 6.45) is -0.224. The molecule has 1 aromatic carbocycles. The van der Waals surface area contributed by atoms with Crippen LogP contribution in [0, 0.1) is 0 Å². The second-order valence-corrected chi connectivity index (χ2v) is 5.51. The van der Waals surface area contributed by atoms with Crippen molar-refractivity contribution in [3.8, 4) is 11.3 Å². The highest BCUT2D eigenvalue weighted by molar-refractivity contribution is 5.67. The molecule has 0 unspecified atom stereocenters. The van der Waals surface area contributed by atoms with E-state index in [4.69, 9.17) is 9.26 Å². The van der Waals surface area contributed by atoms with Crippen molar-refractivity contribution in [2.24, 2.45) is 0 Å². The van der Waals surface area contributed by atoms with Crippen molar-refractivity contribution in [1.82, 2.24) is 15.0 Å². The van der Waals surface area contributed by atoms with E-state index < -0.39 is 0 Å². The molecular weight excluding hydrogens is 294 g/mol. The van der Waals surface area contributed by atoms with Crippen molar-refractivity contribution in [3.63, 3.8) is 0 Å². The lowest BCUT2D eigenvalue weighted by molar-refractivity contribution is 0.0754. The molecule has 122 valence electrons. The molecular formula is C17H21N3O3. The number of amides is 1. The fourth-order valence-corrected chi connectivity index (χ4v) is 2.66. The molecule has 0 bridgehead atoms. The molecule has 0 radical (unpaired) electrons. The zero-order valence-electron chi connectivity index (χ0n) is 13.3. The minimum absolute atomic E-state index is 0.224. The summed E-state index contributed by atoms with van der Waals surface area (Å²) >= 11 is 0. The van der Waals surface area contributed by atoms with E-state index in [9.17, 15) is 4.79 Å². The van der Waals surface area contributed by atoms with Gasteiger partial charge in [0.2, 0.25) is 0 Å². The van der Waals surface area contributed by atoms with E-state index in [0.29, 0.717) is 26.2 Å². The standard InChI is InChI=1S/C17H21N3O3/c1-2-22-17(21)20-10-8-19(9-11-20)13-15-12-16(18-23-15)14-6-4-3-5-7-14/h3-7,12H,2,8-11,13H2,1H3. The van der Waals surface area contributed by atoms with Gasteiger partial charge in [-0.2, -0.15) is 0 Å². The van der Waals surface area contributed by atoms with Crippen molar-refractivity contribution in [2.45, 2.75) is 13.5 Å². The first-order valence-corrected chi connectivity index (χ1v) is 7.91. The maximum absolute atomic E-state index is 11.7. The monoisotopic (exact) mass is 315 g/mol. The van der Waals surface area contributed by atoms with Crippen molar-refractivity contribution in [3.05, 3.63) is 42.2 Å². The lowest BCUT2D eigenvalue weighted by Crippen LogP contribution is -2.48. The second kappa shape index (κ2) is 7.28. The molecule has 6 heteroatoms. The molecule has 2 heterocycles. The molecule has 0 spiro atoms. The number of rotatable bonds is 4. The van der Waals surface area contributed by atoms with Crippen LogP contribution in [0.4, 0.5) is 4.79 Å². The Balaban J connectivity index is 1.53. The SMILES string of the molecule is CCOC(=O)N1CCN(Cc2cc(-c3ccccc3)no2)CC1. The highest BCUT2D eigenvalue weighted by Crippen LogP contribution is 2.19. The van der Waals surface area contributed by atoms with Crippen molar-refractivity contribution in [2.75, 3.05) is 32.8 Å². The number of nitrogens with zero attached hydrogens (tertiary/aromatic N) is 3. The number of piperazine rings is 1. The molecule has 1 fully saturated rings. The van der Waals surface area contributed by atoms with Crippen LogP contribution in [0.25, 0.3) is 11.3 Å². The van der Waals surface area contributed by atoms with E-state index in [1.54, 1.807) is 4.90 Å². The molecule has 0 saturated carbocycles. The predicted molar refractivity (Wildman–Crippen MR) is 85.8 cm³/mol. The number of hydrogen-bond acceptors (Lipinski definition) is 5. The fraction of sp³-hybridized carbons (Fsp3) is 0.412. The number of carbonyl (C=O) groups is 1. The first-order valence-electron chi connectivity index (χ1n) is 7.91. The molecule has 1 aliphatic rings. The summed E-state index contributed by atoms with van der Waals surface area (Å²) in [6, 6.07) is 12.0. The summed E-state index contributed by atoms with van der Waals surface area (Å²) in [4.78, 5) is 15.7.